The Kier molecular flexibility index (Phi) is 6.94. The molecule has 5 nitrogen and oxygen atoms in total. The minimum Gasteiger partial charge on any atom is -0.490 e. The summed E-state index contributed by atoms with van der Waals surface area (Å²) >= 11 is 3.39. The lowest BCUT2D eigenvalue weighted by Crippen LogP contribution is -2.34. The minimum absolute atomic E-state index is 0.0596. The van der Waals surface area contributed by atoms with Gasteiger partial charge in [0.05, 0.1) is 10.2 Å². The van der Waals surface area contributed by atoms with E-state index in [-0.39, 0.29) is 12.4 Å². The molecule has 1 aromatic carbocycles. The lowest BCUT2D eigenvalue weighted by molar-refractivity contribution is 0.106. The Hall–Kier alpha value is -0.630. The van der Waals surface area contributed by atoms with Gasteiger partial charge >= 0.3 is 0 Å². The molecule has 114 valence electrons. The third-order valence-electron chi connectivity index (χ3n) is 2.55. The van der Waals surface area contributed by atoms with E-state index in [1.54, 1.807) is 0 Å². The summed E-state index contributed by atoms with van der Waals surface area (Å²) in [6.07, 6.45) is 0.492. The van der Waals surface area contributed by atoms with Gasteiger partial charge < -0.3 is 15.2 Å². The van der Waals surface area contributed by atoms with Crippen molar-refractivity contribution in [3.05, 3.63) is 28.2 Å². The van der Waals surface area contributed by atoms with Gasteiger partial charge in [0.25, 0.3) is 0 Å². The SMILES string of the molecule is Cc1ccc(OCC(O)CNCCS(C)(=O)=O)c(Br)c1. The molecule has 7 heteroatoms. The van der Waals surface area contributed by atoms with Gasteiger partial charge in [-0.1, -0.05) is 6.07 Å². The molecule has 1 aromatic rings. The number of ether oxygens (including phenoxy) is 1. The zero-order valence-corrected chi connectivity index (χ0v) is 14.0. The molecular formula is C13H20BrNO4S. The molecule has 0 aromatic heterocycles. The van der Waals surface area contributed by atoms with Crippen molar-refractivity contribution in [1.82, 2.24) is 5.32 Å². The number of aliphatic hydroxyl groups is 1. The highest BCUT2D eigenvalue weighted by molar-refractivity contribution is 9.10. The standard InChI is InChI=1S/C13H20BrNO4S/c1-10-3-4-13(12(14)7-10)19-9-11(16)8-15-5-6-20(2,17)18/h3-4,7,11,15-16H,5-6,8-9H2,1-2H3. The molecule has 0 aliphatic rings. The van der Waals surface area contributed by atoms with Gasteiger partial charge in [-0.15, -0.1) is 0 Å². The lowest BCUT2D eigenvalue weighted by Gasteiger charge is -2.14. The molecule has 0 amide bonds. The molecule has 0 bridgehead atoms. The Morgan fingerprint density at radius 1 is 1.45 bits per heavy atom. The molecule has 0 aliphatic carbocycles. The van der Waals surface area contributed by atoms with E-state index in [2.05, 4.69) is 21.2 Å². The number of halogens is 1. The van der Waals surface area contributed by atoms with E-state index in [4.69, 9.17) is 4.74 Å². The van der Waals surface area contributed by atoms with E-state index in [1.807, 2.05) is 25.1 Å². The van der Waals surface area contributed by atoms with Crippen LogP contribution in [-0.2, 0) is 9.84 Å². The summed E-state index contributed by atoms with van der Waals surface area (Å²) in [6, 6.07) is 5.70. The normalized spacial score (nSPS) is 13.2. The van der Waals surface area contributed by atoms with Crippen molar-refractivity contribution in [1.29, 1.82) is 0 Å². The van der Waals surface area contributed by atoms with E-state index in [0.717, 1.165) is 10.0 Å². The van der Waals surface area contributed by atoms with Crippen LogP contribution < -0.4 is 10.1 Å². The molecule has 1 rings (SSSR count). The molecule has 0 heterocycles. The summed E-state index contributed by atoms with van der Waals surface area (Å²) in [5.41, 5.74) is 1.12. The molecule has 0 fully saturated rings. The van der Waals surface area contributed by atoms with Crippen LogP contribution >= 0.6 is 15.9 Å². The van der Waals surface area contributed by atoms with Gasteiger partial charge in [-0.3, -0.25) is 0 Å². The summed E-state index contributed by atoms with van der Waals surface area (Å²) < 4.78 is 28.2. The van der Waals surface area contributed by atoms with Crippen molar-refractivity contribution >= 4 is 25.8 Å². The van der Waals surface area contributed by atoms with Crippen LogP contribution in [0.5, 0.6) is 5.75 Å². The zero-order chi connectivity index (χ0) is 15.2. The van der Waals surface area contributed by atoms with Gasteiger partial charge in [0.15, 0.2) is 0 Å². The first kappa shape index (κ1) is 17.4. The quantitative estimate of drug-likeness (QED) is 0.675. The zero-order valence-electron chi connectivity index (χ0n) is 11.6. The molecule has 1 atom stereocenters. The average Bonchev–Trinajstić information content (AvgIpc) is 2.32. The van der Waals surface area contributed by atoms with Crippen LogP contribution in [0, 0.1) is 6.92 Å². The van der Waals surface area contributed by atoms with E-state index in [9.17, 15) is 13.5 Å². The van der Waals surface area contributed by atoms with Crippen molar-refractivity contribution in [3.8, 4) is 5.75 Å². The largest absolute Gasteiger partial charge is 0.490 e. The monoisotopic (exact) mass is 365 g/mol. The van der Waals surface area contributed by atoms with Gasteiger partial charge in [0.1, 0.15) is 28.3 Å². The highest BCUT2D eigenvalue weighted by Crippen LogP contribution is 2.25. The molecule has 0 saturated heterocycles. The van der Waals surface area contributed by atoms with E-state index >= 15 is 0 Å². The number of nitrogens with one attached hydrogen (secondary N) is 1. The average molecular weight is 366 g/mol. The summed E-state index contributed by atoms with van der Waals surface area (Å²) in [5.74, 6) is 0.732. The second-order valence-corrected chi connectivity index (χ2v) is 7.85. The Bertz CT molecular complexity index is 533. The molecule has 2 N–H and O–H groups in total. The van der Waals surface area contributed by atoms with Crippen LogP contribution in [0.4, 0.5) is 0 Å². The number of aryl methyl sites for hydroxylation is 1. The summed E-state index contributed by atoms with van der Waals surface area (Å²) in [4.78, 5) is 0. The maximum atomic E-state index is 10.9. The molecule has 0 radical (unpaired) electrons. The highest BCUT2D eigenvalue weighted by Gasteiger charge is 2.08. The summed E-state index contributed by atoms with van der Waals surface area (Å²) in [5, 5.41) is 12.6. The number of rotatable bonds is 8. The van der Waals surface area contributed by atoms with Gasteiger partial charge in [0, 0.05) is 19.3 Å². The Morgan fingerprint density at radius 2 is 2.15 bits per heavy atom. The van der Waals surface area contributed by atoms with Crippen molar-refractivity contribution < 1.29 is 18.3 Å². The van der Waals surface area contributed by atoms with Gasteiger partial charge in [0.2, 0.25) is 0 Å². The number of hydrogen-bond acceptors (Lipinski definition) is 5. The van der Waals surface area contributed by atoms with Gasteiger partial charge in [-0.2, -0.15) is 0 Å². The van der Waals surface area contributed by atoms with E-state index in [0.29, 0.717) is 18.8 Å². The second-order valence-electron chi connectivity index (χ2n) is 4.73. The van der Waals surface area contributed by atoms with Gasteiger partial charge in [-0.25, -0.2) is 8.42 Å². The van der Waals surface area contributed by atoms with Crippen LogP contribution in [0.15, 0.2) is 22.7 Å². The summed E-state index contributed by atoms with van der Waals surface area (Å²) in [6.45, 7) is 2.74. The third kappa shape index (κ3) is 7.23. The molecular weight excluding hydrogens is 346 g/mol. The van der Waals surface area contributed by atoms with Crippen molar-refractivity contribution in [3.63, 3.8) is 0 Å². The Labute approximate surface area is 128 Å². The van der Waals surface area contributed by atoms with Crippen LogP contribution in [0.3, 0.4) is 0 Å². The molecule has 1 unspecified atom stereocenters. The predicted octanol–water partition coefficient (Wildman–Crippen LogP) is 1.13. The van der Waals surface area contributed by atoms with Crippen LogP contribution in [-0.4, -0.2) is 51.3 Å². The van der Waals surface area contributed by atoms with E-state index < -0.39 is 15.9 Å². The van der Waals surface area contributed by atoms with Crippen LogP contribution in [0.1, 0.15) is 5.56 Å². The van der Waals surface area contributed by atoms with Gasteiger partial charge in [-0.05, 0) is 40.5 Å². The number of benzene rings is 1. The van der Waals surface area contributed by atoms with Crippen LogP contribution in [0.25, 0.3) is 0 Å². The van der Waals surface area contributed by atoms with E-state index in [1.165, 1.54) is 6.26 Å². The topological polar surface area (TPSA) is 75.6 Å². The summed E-state index contributed by atoms with van der Waals surface area (Å²) in [7, 11) is -2.97. The fraction of sp³-hybridized carbons (Fsp3) is 0.538. The van der Waals surface area contributed by atoms with Crippen LogP contribution in [0.2, 0.25) is 0 Å². The molecule has 0 aliphatic heterocycles. The fourth-order valence-corrected chi connectivity index (χ4v) is 2.62. The Morgan fingerprint density at radius 3 is 2.75 bits per heavy atom. The lowest BCUT2D eigenvalue weighted by atomic mass is 10.2. The highest BCUT2D eigenvalue weighted by atomic mass is 79.9. The molecule has 0 spiro atoms. The minimum atomic E-state index is -2.97. The maximum absolute atomic E-state index is 10.9. The maximum Gasteiger partial charge on any atom is 0.148 e. The Balaban J connectivity index is 2.27. The molecule has 0 saturated carbocycles. The first-order valence-corrected chi connectivity index (χ1v) is 9.09. The second kappa shape index (κ2) is 7.97. The van der Waals surface area contributed by atoms with Crippen molar-refractivity contribution in [2.45, 2.75) is 13.0 Å². The number of hydrogen-bond donors (Lipinski definition) is 2. The first-order chi connectivity index (χ1) is 9.28. The van der Waals surface area contributed by atoms with Crippen molar-refractivity contribution in [2.75, 3.05) is 31.7 Å². The molecule has 20 heavy (non-hydrogen) atoms. The smallest absolute Gasteiger partial charge is 0.148 e. The van der Waals surface area contributed by atoms with Crippen molar-refractivity contribution in [2.24, 2.45) is 0 Å². The number of sulfone groups is 1. The fourth-order valence-electron chi connectivity index (χ4n) is 1.49. The third-order valence-corrected chi connectivity index (χ3v) is 4.11. The first-order valence-electron chi connectivity index (χ1n) is 6.23. The number of aliphatic hydroxyl groups excluding tert-OH is 1. The predicted molar refractivity (Wildman–Crippen MR) is 83.0 cm³/mol.